The van der Waals surface area contributed by atoms with Gasteiger partial charge < -0.3 is 4.90 Å². The van der Waals surface area contributed by atoms with Crippen molar-refractivity contribution in [3.63, 3.8) is 0 Å². The number of hydrogen-bond donors (Lipinski definition) is 1. The number of carbonyl (C=O) groups excluding carboxylic acids is 1. The summed E-state index contributed by atoms with van der Waals surface area (Å²) in [6, 6.07) is 0.409. The Labute approximate surface area is 119 Å². The van der Waals surface area contributed by atoms with E-state index >= 15 is 0 Å². The summed E-state index contributed by atoms with van der Waals surface area (Å²) >= 11 is 0. The normalized spacial score (nSPS) is 25.7. The standard InChI is InChI=1S/C16H32N2O/c1-7-12(6)15-16(19)18(13(8-2)9-3)14(17-15)10-11(4)5/h11-15,17H,7-10H2,1-6H3. The van der Waals surface area contributed by atoms with E-state index in [9.17, 15) is 4.79 Å². The second kappa shape index (κ2) is 7.28. The highest BCUT2D eigenvalue weighted by atomic mass is 16.2. The zero-order chi connectivity index (χ0) is 14.6. The molecule has 1 rings (SSSR count). The van der Waals surface area contributed by atoms with Gasteiger partial charge in [0.2, 0.25) is 5.91 Å². The molecule has 0 saturated carbocycles. The van der Waals surface area contributed by atoms with Gasteiger partial charge in [-0.05, 0) is 31.1 Å². The van der Waals surface area contributed by atoms with Crippen LogP contribution in [0.25, 0.3) is 0 Å². The Morgan fingerprint density at radius 3 is 2.11 bits per heavy atom. The van der Waals surface area contributed by atoms with Crippen molar-refractivity contribution >= 4 is 5.91 Å². The maximum absolute atomic E-state index is 12.7. The highest BCUT2D eigenvalue weighted by Crippen LogP contribution is 2.27. The van der Waals surface area contributed by atoms with E-state index in [2.05, 4.69) is 51.8 Å². The van der Waals surface area contributed by atoms with Gasteiger partial charge in [-0.3, -0.25) is 10.1 Å². The highest BCUT2D eigenvalue weighted by molar-refractivity contribution is 5.85. The first kappa shape index (κ1) is 16.5. The van der Waals surface area contributed by atoms with Crippen LogP contribution in [0.3, 0.4) is 0 Å². The minimum Gasteiger partial charge on any atom is -0.323 e. The van der Waals surface area contributed by atoms with Crippen LogP contribution in [0.1, 0.15) is 67.2 Å². The van der Waals surface area contributed by atoms with Gasteiger partial charge in [0.1, 0.15) is 0 Å². The van der Waals surface area contributed by atoms with Gasteiger partial charge in [-0.15, -0.1) is 0 Å². The Balaban J connectivity index is 2.90. The van der Waals surface area contributed by atoms with Gasteiger partial charge in [0, 0.05) is 6.04 Å². The summed E-state index contributed by atoms with van der Waals surface area (Å²) in [5.74, 6) is 1.35. The molecule has 1 heterocycles. The van der Waals surface area contributed by atoms with Gasteiger partial charge in [-0.2, -0.15) is 0 Å². The Hall–Kier alpha value is -0.570. The molecule has 1 saturated heterocycles. The van der Waals surface area contributed by atoms with Crippen molar-refractivity contribution in [3.05, 3.63) is 0 Å². The van der Waals surface area contributed by atoms with E-state index in [1.165, 1.54) is 0 Å². The molecule has 3 heteroatoms. The van der Waals surface area contributed by atoms with Crippen molar-refractivity contribution in [2.45, 2.75) is 85.5 Å². The van der Waals surface area contributed by atoms with Crippen molar-refractivity contribution < 1.29 is 4.79 Å². The number of nitrogens with one attached hydrogen (secondary N) is 1. The number of hydrogen-bond acceptors (Lipinski definition) is 2. The van der Waals surface area contributed by atoms with E-state index in [-0.39, 0.29) is 12.2 Å². The molecule has 112 valence electrons. The topological polar surface area (TPSA) is 32.3 Å². The smallest absolute Gasteiger partial charge is 0.241 e. The number of amides is 1. The molecule has 0 aliphatic carbocycles. The van der Waals surface area contributed by atoms with Crippen molar-refractivity contribution in [1.82, 2.24) is 10.2 Å². The minimum atomic E-state index is 0.0225. The molecule has 19 heavy (non-hydrogen) atoms. The Bertz CT molecular complexity index is 286. The SMILES string of the molecule is CCC(C)C1NC(CC(C)C)N(C(CC)CC)C1=O. The number of carbonyl (C=O) groups is 1. The first-order valence-electron chi connectivity index (χ1n) is 8.04. The molecule has 1 aliphatic rings. The molecule has 0 aromatic rings. The third-order valence-electron chi connectivity index (χ3n) is 4.47. The summed E-state index contributed by atoms with van der Waals surface area (Å²) in [5, 5.41) is 3.60. The quantitative estimate of drug-likeness (QED) is 0.767. The monoisotopic (exact) mass is 268 g/mol. The molecule has 1 N–H and O–H groups in total. The maximum atomic E-state index is 12.7. The second-order valence-electron chi connectivity index (χ2n) is 6.39. The van der Waals surface area contributed by atoms with Crippen molar-refractivity contribution in [2.24, 2.45) is 11.8 Å². The summed E-state index contributed by atoms with van der Waals surface area (Å²) in [6.45, 7) is 13.2. The number of nitrogens with zero attached hydrogens (tertiary/aromatic N) is 1. The zero-order valence-corrected chi connectivity index (χ0v) is 13.6. The predicted octanol–water partition coefficient (Wildman–Crippen LogP) is 3.39. The first-order chi connectivity index (χ1) is 8.96. The molecule has 1 amide bonds. The molecule has 0 aromatic carbocycles. The van der Waals surface area contributed by atoms with Gasteiger partial charge in [-0.25, -0.2) is 0 Å². The van der Waals surface area contributed by atoms with E-state index in [4.69, 9.17) is 0 Å². The lowest BCUT2D eigenvalue weighted by Gasteiger charge is -2.32. The van der Waals surface area contributed by atoms with E-state index in [0.29, 0.717) is 23.8 Å². The van der Waals surface area contributed by atoms with Crippen LogP contribution in [0.4, 0.5) is 0 Å². The fourth-order valence-corrected chi connectivity index (χ4v) is 3.06. The van der Waals surface area contributed by atoms with E-state index in [1.54, 1.807) is 0 Å². The average molecular weight is 268 g/mol. The molecule has 0 aromatic heterocycles. The Kier molecular flexibility index (Phi) is 6.31. The molecule has 3 nitrogen and oxygen atoms in total. The molecular formula is C16H32N2O. The summed E-state index contributed by atoms with van der Waals surface area (Å²) in [6.07, 6.45) is 4.43. The van der Waals surface area contributed by atoms with Crippen molar-refractivity contribution in [2.75, 3.05) is 0 Å². The first-order valence-corrected chi connectivity index (χ1v) is 8.04. The zero-order valence-electron chi connectivity index (χ0n) is 13.6. The van der Waals surface area contributed by atoms with Crippen LogP contribution in [0.15, 0.2) is 0 Å². The van der Waals surface area contributed by atoms with Gasteiger partial charge in [0.05, 0.1) is 12.2 Å². The van der Waals surface area contributed by atoms with Crippen LogP contribution in [-0.2, 0) is 4.79 Å². The van der Waals surface area contributed by atoms with Crippen molar-refractivity contribution in [1.29, 1.82) is 0 Å². The minimum absolute atomic E-state index is 0.0225. The molecule has 0 radical (unpaired) electrons. The van der Waals surface area contributed by atoms with E-state index < -0.39 is 0 Å². The van der Waals surface area contributed by atoms with Crippen LogP contribution < -0.4 is 5.32 Å². The molecule has 3 atom stereocenters. The van der Waals surface area contributed by atoms with Crippen LogP contribution in [0.5, 0.6) is 0 Å². The third-order valence-corrected chi connectivity index (χ3v) is 4.47. The van der Waals surface area contributed by atoms with Crippen LogP contribution in [0, 0.1) is 11.8 Å². The molecule has 0 spiro atoms. The Morgan fingerprint density at radius 2 is 1.68 bits per heavy atom. The average Bonchev–Trinajstić information content (AvgIpc) is 2.68. The predicted molar refractivity (Wildman–Crippen MR) is 80.8 cm³/mol. The lowest BCUT2D eigenvalue weighted by Crippen LogP contribution is -2.44. The van der Waals surface area contributed by atoms with Crippen LogP contribution >= 0.6 is 0 Å². The second-order valence-corrected chi connectivity index (χ2v) is 6.39. The summed E-state index contributed by atoms with van der Waals surface area (Å²) in [5.41, 5.74) is 0. The molecule has 3 unspecified atom stereocenters. The van der Waals surface area contributed by atoms with Crippen molar-refractivity contribution in [3.8, 4) is 0 Å². The molecule has 1 fully saturated rings. The van der Waals surface area contributed by atoms with Crippen LogP contribution in [0.2, 0.25) is 0 Å². The fraction of sp³-hybridized carbons (Fsp3) is 0.938. The Morgan fingerprint density at radius 1 is 1.11 bits per heavy atom. The van der Waals surface area contributed by atoms with E-state index in [0.717, 1.165) is 25.7 Å². The lowest BCUT2D eigenvalue weighted by atomic mass is 9.99. The van der Waals surface area contributed by atoms with Gasteiger partial charge >= 0.3 is 0 Å². The number of rotatable bonds is 7. The third kappa shape index (κ3) is 3.71. The molecule has 0 bridgehead atoms. The largest absolute Gasteiger partial charge is 0.323 e. The summed E-state index contributed by atoms with van der Waals surface area (Å²) in [4.78, 5) is 14.9. The summed E-state index contributed by atoms with van der Waals surface area (Å²) in [7, 11) is 0. The van der Waals surface area contributed by atoms with Crippen LogP contribution in [-0.4, -0.2) is 29.1 Å². The highest BCUT2D eigenvalue weighted by Gasteiger charge is 2.43. The van der Waals surface area contributed by atoms with Gasteiger partial charge in [0.15, 0.2) is 0 Å². The molecular weight excluding hydrogens is 236 g/mol. The fourth-order valence-electron chi connectivity index (χ4n) is 3.06. The molecule has 1 aliphatic heterocycles. The van der Waals surface area contributed by atoms with Gasteiger partial charge in [0.25, 0.3) is 0 Å². The van der Waals surface area contributed by atoms with Gasteiger partial charge in [-0.1, -0.05) is 48.0 Å². The van der Waals surface area contributed by atoms with E-state index in [1.807, 2.05) is 0 Å². The maximum Gasteiger partial charge on any atom is 0.241 e. The summed E-state index contributed by atoms with van der Waals surface area (Å²) < 4.78 is 0. The lowest BCUT2D eigenvalue weighted by molar-refractivity contribution is -0.133.